The maximum Gasteiger partial charge on any atom is 0.229 e. The second-order valence-electron chi connectivity index (χ2n) is 7.44. The first-order valence-electron chi connectivity index (χ1n) is 9.42. The predicted octanol–water partition coefficient (Wildman–Crippen LogP) is 4.50. The third kappa shape index (κ3) is 3.00. The number of rotatable bonds is 4. The summed E-state index contributed by atoms with van der Waals surface area (Å²) in [7, 11) is 0. The van der Waals surface area contributed by atoms with Gasteiger partial charge >= 0.3 is 0 Å². The molecule has 0 saturated heterocycles. The Morgan fingerprint density at radius 2 is 1.88 bits per heavy atom. The van der Waals surface area contributed by atoms with Gasteiger partial charge in [0.2, 0.25) is 5.89 Å². The number of benzene rings is 1. The lowest BCUT2D eigenvalue weighted by atomic mass is 9.85. The molecule has 0 bridgehead atoms. The Morgan fingerprint density at radius 1 is 1.12 bits per heavy atom. The van der Waals surface area contributed by atoms with Crippen LogP contribution in [-0.4, -0.2) is 16.2 Å². The maximum absolute atomic E-state index is 5.44. The minimum Gasteiger partial charge on any atom is -0.339 e. The lowest BCUT2D eigenvalue weighted by Crippen LogP contribution is -2.35. The van der Waals surface area contributed by atoms with E-state index in [1.165, 1.54) is 30.4 Å². The molecule has 4 heteroatoms. The molecule has 2 aliphatic carbocycles. The molecule has 1 heterocycles. The third-order valence-corrected chi connectivity index (χ3v) is 5.80. The molecule has 1 saturated carbocycles. The van der Waals surface area contributed by atoms with Crippen molar-refractivity contribution in [1.29, 1.82) is 0 Å². The summed E-state index contributed by atoms with van der Waals surface area (Å²) in [6, 6.07) is 10.1. The van der Waals surface area contributed by atoms with Crippen LogP contribution < -0.4 is 5.32 Å². The molecule has 0 aliphatic heterocycles. The van der Waals surface area contributed by atoms with E-state index in [0.717, 1.165) is 31.0 Å². The van der Waals surface area contributed by atoms with Crippen LogP contribution in [0.3, 0.4) is 0 Å². The first-order valence-corrected chi connectivity index (χ1v) is 9.42. The molecule has 0 unspecified atom stereocenters. The number of aromatic nitrogens is 2. The summed E-state index contributed by atoms with van der Waals surface area (Å²) in [5.74, 6) is 2.80. The number of hydrogen-bond donors (Lipinski definition) is 1. The quantitative estimate of drug-likeness (QED) is 0.899. The van der Waals surface area contributed by atoms with Gasteiger partial charge in [0.05, 0.1) is 0 Å². The number of aryl methyl sites for hydroxylation is 1. The zero-order chi connectivity index (χ0) is 16.5. The van der Waals surface area contributed by atoms with E-state index in [1.54, 1.807) is 0 Å². The summed E-state index contributed by atoms with van der Waals surface area (Å²) in [6.07, 6.45) is 6.76. The van der Waals surface area contributed by atoms with Crippen LogP contribution in [0.4, 0.5) is 0 Å². The van der Waals surface area contributed by atoms with Crippen molar-refractivity contribution in [2.75, 3.05) is 0 Å². The lowest BCUT2D eigenvalue weighted by molar-refractivity contribution is 0.269. The highest BCUT2D eigenvalue weighted by Crippen LogP contribution is 2.41. The summed E-state index contributed by atoms with van der Waals surface area (Å²) in [5.41, 5.74) is 3.04. The van der Waals surface area contributed by atoms with E-state index in [2.05, 4.69) is 53.6 Å². The second-order valence-corrected chi connectivity index (χ2v) is 7.44. The molecule has 4 nitrogen and oxygen atoms in total. The van der Waals surface area contributed by atoms with Crippen molar-refractivity contribution in [3.8, 4) is 0 Å². The fourth-order valence-electron chi connectivity index (χ4n) is 4.41. The molecular weight excluding hydrogens is 298 g/mol. The molecule has 0 spiro atoms. The van der Waals surface area contributed by atoms with E-state index in [0.29, 0.717) is 23.9 Å². The third-order valence-electron chi connectivity index (χ3n) is 5.80. The van der Waals surface area contributed by atoms with E-state index in [4.69, 9.17) is 4.52 Å². The zero-order valence-corrected chi connectivity index (χ0v) is 14.7. The molecule has 0 radical (unpaired) electrons. The van der Waals surface area contributed by atoms with Gasteiger partial charge in [0.25, 0.3) is 0 Å². The Labute approximate surface area is 144 Å². The van der Waals surface area contributed by atoms with Gasteiger partial charge in [-0.15, -0.1) is 0 Å². The van der Waals surface area contributed by atoms with Gasteiger partial charge in [-0.3, -0.25) is 0 Å². The average molecular weight is 325 g/mol. The van der Waals surface area contributed by atoms with Crippen LogP contribution in [0.5, 0.6) is 0 Å². The van der Waals surface area contributed by atoms with Crippen LogP contribution in [0.25, 0.3) is 0 Å². The average Bonchev–Trinajstić information content (AvgIpc) is 3.22. The molecular formula is C20H27N3O. The number of nitrogens with one attached hydrogen (secondary N) is 1. The Balaban J connectivity index is 1.35. The first-order chi connectivity index (χ1) is 11.7. The highest BCUT2D eigenvalue weighted by Gasteiger charge is 2.32. The molecule has 24 heavy (non-hydrogen) atoms. The Hall–Kier alpha value is -1.68. The maximum atomic E-state index is 5.44. The van der Waals surface area contributed by atoms with E-state index in [-0.39, 0.29) is 0 Å². The van der Waals surface area contributed by atoms with Crippen molar-refractivity contribution in [2.24, 2.45) is 0 Å². The summed E-state index contributed by atoms with van der Waals surface area (Å²) in [4.78, 5) is 4.52. The van der Waals surface area contributed by atoms with Gasteiger partial charge in [-0.05, 0) is 49.1 Å². The van der Waals surface area contributed by atoms with Crippen LogP contribution in [0, 0.1) is 0 Å². The van der Waals surface area contributed by atoms with Crippen molar-refractivity contribution in [3.05, 3.63) is 47.1 Å². The Kier molecular flexibility index (Phi) is 4.40. The standard InChI is InChI=1S/C20H27N3O/c1-3-19-22-20(24-23-19)14-8-10-15(11-9-14)21-18-12-13(2)16-6-4-5-7-17(16)18/h4-7,13-15,18,21H,3,8-12H2,1-2H3/t13-,14?,15?,18+/m0/s1. The van der Waals surface area contributed by atoms with E-state index in [1.807, 2.05) is 0 Å². The molecule has 1 aromatic carbocycles. The van der Waals surface area contributed by atoms with Crippen molar-refractivity contribution < 1.29 is 4.52 Å². The molecule has 4 rings (SSSR count). The number of hydrogen-bond acceptors (Lipinski definition) is 4. The zero-order valence-electron chi connectivity index (χ0n) is 14.7. The highest BCUT2D eigenvalue weighted by atomic mass is 16.5. The second kappa shape index (κ2) is 6.67. The van der Waals surface area contributed by atoms with Gasteiger partial charge < -0.3 is 9.84 Å². The van der Waals surface area contributed by atoms with Crippen LogP contribution in [0.2, 0.25) is 0 Å². The molecule has 0 amide bonds. The van der Waals surface area contributed by atoms with Crippen molar-refractivity contribution >= 4 is 0 Å². The van der Waals surface area contributed by atoms with Crippen LogP contribution in [0.1, 0.15) is 86.7 Å². The SMILES string of the molecule is CCc1noc(C2CCC(N[C@@H]3C[C@H](C)c4ccccc43)CC2)n1. The summed E-state index contributed by atoms with van der Waals surface area (Å²) in [6.45, 7) is 4.41. The van der Waals surface area contributed by atoms with Crippen LogP contribution >= 0.6 is 0 Å². The van der Waals surface area contributed by atoms with Crippen LogP contribution in [0.15, 0.2) is 28.8 Å². The van der Waals surface area contributed by atoms with E-state index in [9.17, 15) is 0 Å². The summed E-state index contributed by atoms with van der Waals surface area (Å²) in [5, 5.41) is 7.97. The Morgan fingerprint density at radius 3 is 2.58 bits per heavy atom. The topological polar surface area (TPSA) is 51.0 Å². The highest BCUT2D eigenvalue weighted by molar-refractivity contribution is 5.37. The van der Waals surface area contributed by atoms with Crippen molar-refractivity contribution in [1.82, 2.24) is 15.5 Å². The smallest absolute Gasteiger partial charge is 0.229 e. The molecule has 2 atom stereocenters. The molecule has 1 aromatic heterocycles. The van der Waals surface area contributed by atoms with Gasteiger partial charge in [-0.2, -0.15) is 4.98 Å². The van der Waals surface area contributed by atoms with Gasteiger partial charge in [-0.25, -0.2) is 0 Å². The number of fused-ring (bicyclic) bond motifs is 1. The van der Waals surface area contributed by atoms with Crippen LogP contribution in [-0.2, 0) is 6.42 Å². The predicted molar refractivity (Wildman–Crippen MR) is 94.0 cm³/mol. The van der Waals surface area contributed by atoms with E-state index >= 15 is 0 Å². The van der Waals surface area contributed by atoms with Gasteiger partial charge in [0.1, 0.15) is 0 Å². The molecule has 1 N–H and O–H groups in total. The van der Waals surface area contributed by atoms with E-state index < -0.39 is 0 Å². The van der Waals surface area contributed by atoms with Crippen molar-refractivity contribution in [2.45, 2.75) is 76.3 Å². The normalized spacial score (nSPS) is 29.6. The fraction of sp³-hybridized carbons (Fsp3) is 0.600. The monoisotopic (exact) mass is 325 g/mol. The lowest BCUT2D eigenvalue weighted by Gasteiger charge is -2.30. The molecule has 128 valence electrons. The minimum atomic E-state index is 0.450. The Bertz CT molecular complexity index is 688. The first kappa shape index (κ1) is 15.8. The molecule has 2 aliphatic rings. The largest absolute Gasteiger partial charge is 0.339 e. The summed E-state index contributed by atoms with van der Waals surface area (Å²) < 4.78 is 5.44. The summed E-state index contributed by atoms with van der Waals surface area (Å²) >= 11 is 0. The fourth-order valence-corrected chi connectivity index (χ4v) is 4.41. The molecule has 1 fully saturated rings. The van der Waals surface area contributed by atoms with Gasteiger partial charge in [-0.1, -0.05) is 43.3 Å². The van der Waals surface area contributed by atoms with Crippen molar-refractivity contribution in [3.63, 3.8) is 0 Å². The molecule has 2 aromatic rings. The number of nitrogens with zero attached hydrogens (tertiary/aromatic N) is 2. The van der Waals surface area contributed by atoms with Gasteiger partial charge in [0.15, 0.2) is 5.82 Å². The minimum absolute atomic E-state index is 0.450. The van der Waals surface area contributed by atoms with Gasteiger partial charge in [0, 0.05) is 24.4 Å².